The average molecular weight is 332 g/mol. The number of pyridine rings is 1. The van der Waals surface area contributed by atoms with Gasteiger partial charge in [0.2, 0.25) is 0 Å². The van der Waals surface area contributed by atoms with Crippen LogP contribution >= 0.6 is 0 Å². The first-order chi connectivity index (χ1) is 11.5. The van der Waals surface area contributed by atoms with Crippen molar-refractivity contribution < 1.29 is 0 Å². The van der Waals surface area contributed by atoms with Crippen molar-refractivity contribution in [2.75, 3.05) is 26.2 Å². The molecule has 2 unspecified atom stereocenters. The van der Waals surface area contributed by atoms with E-state index in [1.54, 1.807) is 0 Å². The van der Waals surface area contributed by atoms with Crippen molar-refractivity contribution in [1.82, 2.24) is 26.1 Å². The van der Waals surface area contributed by atoms with Gasteiger partial charge in [0, 0.05) is 56.9 Å². The lowest BCUT2D eigenvalue weighted by Crippen LogP contribution is -2.47. The third-order valence-electron chi connectivity index (χ3n) is 5.39. The Morgan fingerprint density at radius 2 is 2.04 bits per heavy atom. The fourth-order valence-electron chi connectivity index (χ4n) is 3.98. The normalized spacial score (nSPS) is 26.8. The first kappa shape index (κ1) is 17.8. The van der Waals surface area contributed by atoms with Gasteiger partial charge in [-0.1, -0.05) is 26.8 Å². The van der Waals surface area contributed by atoms with Crippen molar-refractivity contribution in [3.8, 4) is 0 Å². The SMILES string of the molecule is CC(C)(C)C1NNCC1CNC1CCN(Cc2ccccn2)CC1. The monoisotopic (exact) mass is 331 g/mol. The van der Waals surface area contributed by atoms with E-state index in [2.05, 4.69) is 59.0 Å². The van der Waals surface area contributed by atoms with Gasteiger partial charge in [0.15, 0.2) is 0 Å². The van der Waals surface area contributed by atoms with E-state index in [9.17, 15) is 0 Å². The van der Waals surface area contributed by atoms with Crippen molar-refractivity contribution in [3.63, 3.8) is 0 Å². The fourth-order valence-corrected chi connectivity index (χ4v) is 3.98. The average Bonchev–Trinajstić information content (AvgIpc) is 3.04. The van der Waals surface area contributed by atoms with Crippen LogP contribution in [0.15, 0.2) is 24.4 Å². The molecule has 2 saturated heterocycles. The number of rotatable bonds is 5. The molecule has 2 atom stereocenters. The van der Waals surface area contributed by atoms with Crippen LogP contribution in [0, 0.1) is 11.3 Å². The van der Waals surface area contributed by atoms with Gasteiger partial charge in [0.05, 0.1) is 5.69 Å². The van der Waals surface area contributed by atoms with E-state index in [1.165, 1.54) is 18.5 Å². The van der Waals surface area contributed by atoms with E-state index < -0.39 is 0 Å². The highest BCUT2D eigenvalue weighted by Crippen LogP contribution is 2.27. The molecular weight excluding hydrogens is 298 g/mol. The summed E-state index contributed by atoms with van der Waals surface area (Å²) in [5.41, 5.74) is 8.28. The molecule has 0 spiro atoms. The van der Waals surface area contributed by atoms with Crippen LogP contribution < -0.4 is 16.2 Å². The Morgan fingerprint density at radius 1 is 1.25 bits per heavy atom. The van der Waals surface area contributed by atoms with E-state index in [-0.39, 0.29) is 0 Å². The summed E-state index contributed by atoms with van der Waals surface area (Å²) in [4.78, 5) is 6.97. The topological polar surface area (TPSA) is 52.2 Å². The van der Waals surface area contributed by atoms with Crippen LogP contribution in [-0.4, -0.2) is 48.1 Å². The van der Waals surface area contributed by atoms with Crippen molar-refractivity contribution >= 4 is 0 Å². The minimum Gasteiger partial charge on any atom is -0.313 e. The molecule has 0 aliphatic carbocycles. The van der Waals surface area contributed by atoms with Gasteiger partial charge in [-0.25, -0.2) is 0 Å². The summed E-state index contributed by atoms with van der Waals surface area (Å²) < 4.78 is 0. The maximum atomic E-state index is 4.44. The van der Waals surface area contributed by atoms with Crippen LogP contribution in [0.2, 0.25) is 0 Å². The summed E-state index contributed by atoms with van der Waals surface area (Å²) in [6.07, 6.45) is 4.36. The lowest BCUT2D eigenvalue weighted by atomic mass is 9.80. The summed E-state index contributed by atoms with van der Waals surface area (Å²) in [6, 6.07) is 7.38. The molecule has 134 valence electrons. The summed E-state index contributed by atoms with van der Waals surface area (Å²) >= 11 is 0. The zero-order valence-electron chi connectivity index (χ0n) is 15.4. The Morgan fingerprint density at radius 3 is 2.71 bits per heavy atom. The first-order valence-electron chi connectivity index (χ1n) is 9.36. The van der Waals surface area contributed by atoms with E-state index in [1.807, 2.05) is 12.3 Å². The van der Waals surface area contributed by atoms with Gasteiger partial charge in [-0.05, 0) is 30.4 Å². The molecule has 1 aromatic heterocycles. The van der Waals surface area contributed by atoms with Crippen LogP contribution in [0.5, 0.6) is 0 Å². The second-order valence-electron chi connectivity index (χ2n) is 8.41. The highest BCUT2D eigenvalue weighted by atomic mass is 15.4. The number of likely N-dealkylation sites (tertiary alicyclic amines) is 1. The standard InChI is InChI=1S/C19H33N5/c1-19(2,3)18-15(13-22-23-18)12-21-16-7-10-24(11-8-16)14-17-6-4-5-9-20-17/h4-6,9,15-16,18,21-23H,7-8,10-14H2,1-3H3. The van der Waals surface area contributed by atoms with Crippen molar-refractivity contribution in [2.45, 2.75) is 52.2 Å². The quantitative estimate of drug-likeness (QED) is 0.768. The number of piperidine rings is 1. The highest BCUT2D eigenvalue weighted by Gasteiger charge is 2.36. The predicted octanol–water partition coefficient (Wildman–Crippen LogP) is 1.77. The molecule has 0 radical (unpaired) electrons. The molecule has 5 nitrogen and oxygen atoms in total. The molecular formula is C19H33N5. The Balaban J connectivity index is 1.40. The van der Waals surface area contributed by atoms with Gasteiger partial charge in [-0.3, -0.25) is 20.7 Å². The summed E-state index contributed by atoms with van der Waals surface area (Å²) in [5, 5.41) is 3.83. The van der Waals surface area contributed by atoms with Gasteiger partial charge < -0.3 is 5.32 Å². The highest BCUT2D eigenvalue weighted by molar-refractivity contribution is 5.03. The minimum atomic E-state index is 0.294. The van der Waals surface area contributed by atoms with Gasteiger partial charge in [-0.2, -0.15) is 0 Å². The zero-order valence-corrected chi connectivity index (χ0v) is 15.4. The smallest absolute Gasteiger partial charge is 0.0543 e. The molecule has 3 heterocycles. The van der Waals surface area contributed by atoms with Gasteiger partial charge in [0.1, 0.15) is 0 Å². The van der Waals surface area contributed by atoms with Crippen LogP contribution in [0.3, 0.4) is 0 Å². The summed E-state index contributed by atoms with van der Waals surface area (Å²) in [5.74, 6) is 0.663. The lowest BCUT2D eigenvalue weighted by Gasteiger charge is -2.35. The van der Waals surface area contributed by atoms with Crippen LogP contribution in [0.1, 0.15) is 39.3 Å². The molecule has 24 heavy (non-hydrogen) atoms. The van der Waals surface area contributed by atoms with Gasteiger partial charge in [0.25, 0.3) is 0 Å². The minimum absolute atomic E-state index is 0.294. The molecule has 1 aromatic rings. The molecule has 0 bridgehead atoms. The Bertz CT molecular complexity index is 490. The maximum absolute atomic E-state index is 4.44. The fraction of sp³-hybridized carbons (Fsp3) is 0.737. The number of hydrazine groups is 1. The maximum Gasteiger partial charge on any atom is 0.0543 e. The molecule has 2 aliphatic heterocycles. The van der Waals surface area contributed by atoms with Crippen LogP contribution in [0.25, 0.3) is 0 Å². The molecule has 3 N–H and O–H groups in total. The first-order valence-corrected chi connectivity index (χ1v) is 9.36. The molecule has 2 fully saturated rings. The van der Waals surface area contributed by atoms with E-state index in [0.29, 0.717) is 23.4 Å². The molecule has 3 rings (SSSR count). The number of nitrogens with zero attached hydrogens (tertiary/aromatic N) is 2. The summed E-state index contributed by atoms with van der Waals surface area (Å²) in [6.45, 7) is 12.4. The van der Waals surface area contributed by atoms with E-state index >= 15 is 0 Å². The largest absolute Gasteiger partial charge is 0.313 e. The predicted molar refractivity (Wildman–Crippen MR) is 98.4 cm³/mol. The lowest BCUT2D eigenvalue weighted by molar-refractivity contribution is 0.179. The number of hydrogen-bond acceptors (Lipinski definition) is 5. The van der Waals surface area contributed by atoms with Crippen molar-refractivity contribution in [1.29, 1.82) is 0 Å². The Kier molecular flexibility index (Phi) is 5.87. The van der Waals surface area contributed by atoms with Gasteiger partial charge in [-0.15, -0.1) is 0 Å². The molecule has 0 aromatic carbocycles. The van der Waals surface area contributed by atoms with E-state index in [4.69, 9.17) is 0 Å². The van der Waals surface area contributed by atoms with Crippen LogP contribution in [-0.2, 0) is 6.54 Å². The molecule has 0 amide bonds. The van der Waals surface area contributed by atoms with Crippen molar-refractivity contribution in [3.05, 3.63) is 30.1 Å². The molecule has 0 saturated carbocycles. The van der Waals surface area contributed by atoms with E-state index in [0.717, 1.165) is 32.7 Å². The third kappa shape index (κ3) is 4.76. The second-order valence-corrected chi connectivity index (χ2v) is 8.41. The summed E-state index contributed by atoms with van der Waals surface area (Å²) in [7, 11) is 0. The molecule has 5 heteroatoms. The van der Waals surface area contributed by atoms with Gasteiger partial charge >= 0.3 is 0 Å². The van der Waals surface area contributed by atoms with Crippen molar-refractivity contribution in [2.24, 2.45) is 11.3 Å². The third-order valence-corrected chi connectivity index (χ3v) is 5.39. The second kappa shape index (κ2) is 7.91. The number of aromatic nitrogens is 1. The Labute approximate surface area is 146 Å². The molecule has 2 aliphatic rings. The zero-order chi connectivity index (χ0) is 17.0. The van der Waals surface area contributed by atoms with Crippen LogP contribution in [0.4, 0.5) is 0 Å². The number of hydrogen-bond donors (Lipinski definition) is 3. The Hall–Kier alpha value is -1.01. The number of nitrogens with one attached hydrogen (secondary N) is 3.